The zero-order valence-corrected chi connectivity index (χ0v) is 10.4. The Kier molecular flexibility index (Phi) is 4.32. The summed E-state index contributed by atoms with van der Waals surface area (Å²) >= 11 is 5.32. The molecule has 0 saturated carbocycles. The molecule has 0 bridgehead atoms. The molecule has 6 heteroatoms. The first-order valence-electron chi connectivity index (χ1n) is 4.79. The molecule has 88 valence electrons. The van der Waals surface area contributed by atoms with E-state index < -0.39 is 15.2 Å². The van der Waals surface area contributed by atoms with Crippen molar-refractivity contribution in [3.8, 4) is 0 Å². The van der Waals surface area contributed by atoms with E-state index in [0.717, 1.165) is 0 Å². The van der Waals surface area contributed by atoms with Gasteiger partial charge in [-0.2, -0.15) is 0 Å². The molecule has 0 aliphatic carbocycles. The Morgan fingerprint density at radius 2 is 2.25 bits per heavy atom. The lowest BCUT2D eigenvalue weighted by molar-refractivity contribution is 0.108. The molecular weight excluding hydrogens is 248 g/mol. The molecule has 0 aromatic heterocycles. The number of anilines is 1. The number of benzene rings is 1. The van der Waals surface area contributed by atoms with E-state index in [9.17, 15) is 9.00 Å². The van der Waals surface area contributed by atoms with Crippen molar-refractivity contribution in [3.05, 3.63) is 29.8 Å². The van der Waals surface area contributed by atoms with Crippen LogP contribution >= 0.6 is 11.6 Å². The normalized spacial score (nSPS) is 14.1. The lowest BCUT2D eigenvalue weighted by Gasteiger charge is -2.10. The molecule has 1 atom stereocenters. The average Bonchev–Trinajstić information content (AvgIpc) is 2.17. The van der Waals surface area contributed by atoms with Gasteiger partial charge in [-0.25, -0.2) is 8.99 Å². The summed E-state index contributed by atoms with van der Waals surface area (Å²) in [6, 6.07) is 6.32. The highest BCUT2D eigenvalue weighted by Crippen LogP contribution is 2.14. The monoisotopic (exact) mass is 260 g/mol. The Morgan fingerprint density at radius 1 is 1.56 bits per heavy atom. The molecule has 0 aliphatic heterocycles. The molecule has 2 N–H and O–H groups in total. The zero-order chi connectivity index (χ0) is 12.2. The Hall–Kier alpha value is -1.07. The van der Waals surface area contributed by atoms with Crippen LogP contribution in [0.15, 0.2) is 24.3 Å². The summed E-state index contributed by atoms with van der Waals surface area (Å²) in [5, 5.41) is -0.573. The summed E-state index contributed by atoms with van der Waals surface area (Å²) in [6.07, 6.45) is 0.656. The first-order chi connectivity index (χ1) is 7.44. The smallest absolute Gasteiger partial charge is 0.252 e. The molecule has 1 aromatic rings. The molecule has 0 saturated heterocycles. The van der Waals surface area contributed by atoms with Crippen LogP contribution in [0, 0.1) is 4.78 Å². The van der Waals surface area contributed by atoms with Gasteiger partial charge in [-0.3, -0.25) is 9.52 Å². The van der Waals surface area contributed by atoms with E-state index in [-0.39, 0.29) is 5.75 Å². The van der Waals surface area contributed by atoms with Gasteiger partial charge in [0.15, 0.2) is 0 Å². The fourth-order valence-electron chi connectivity index (χ4n) is 1.23. The summed E-state index contributed by atoms with van der Waals surface area (Å²) < 4.78 is 21.8. The van der Waals surface area contributed by atoms with E-state index in [1.54, 1.807) is 18.2 Å². The van der Waals surface area contributed by atoms with E-state index in [1.807, 2.05) is 6.92 Å². The van der Waals surface area contributed by atoms with Gasteiger partial charge in [-0.15, -0.1) is 0 Å². The van der Waals surface area contributed by atoms with E-state index in [2.05, 4.69) is 4.72 Å². The number of carbonyl (C=O) groups is 1. The Balaban J connectivity index is 2.90. The lowest BCUT2D eigenvalue weighted by Crippen LogP contribution is -2.14. The van der Waals surface area contributed by atoms with Crippen molar-refractivity contribution in [1.82, 2.24) is 0 Å². The third-order valence-electron chi connectivity index (χ3n) is 1.86. The standard InChI is InChI=1S/C10H13ClN2O2S/c1-2-6-16(12,15)13-9-5-3-4-8(7-9)10(11)14/h3-5,7H,2,6H2,1H3,(H2,12,13,15). The quantitative estimate of drug-likeness (QED) is 0.799. The molecule has 1 rings (SSSR count). The van der Waals surface area contributed by atoms with Crippen LogP contribution in [0.2, 0.25) is 0 Å². The highest BCUT2D eigenvalue weighted by Gasteiger charge is 2.07. The van der Waals surface area contributed by atoms with Crippen molar-refractivity contribution >= 4 is 32.4 Å². The minimum atomic E-state index is -2.83. The molecule has 0 heterocycles. The van der Waals surface area contributed by atoms with Gasteiger partial charge < -0.3 is 0 Å². The van der Waals surface area contributed by atoms with Crippen LogP contribution in [0.5, 0.6) is 0 Å². The molecule has 0 amide bonds. The van der Waals surface area contributed by atoms with Crippen LogP contribution in [0.1, 0.15) is 23.7 Å². The Bertz CT molecular complexity index is 485. The zero-order valence-electron chi connectivity index (χ0n) is 8.83. The van der Waals surface area contributed by atoms with Gasteiger partial charge in [-0.05, 0) is 36.2 Å². The largest absolute Gasteiger partial charge is 0.299 e. The second kappa shape index (κ2) is 5.32. The predicted octanol–water partition coefficient (Wildman–Crippen LogP) is 2.85. The fraction of sp³-hybridized carbons (Fsp3) is 0.300. The van der Waals surface area contributed by atoms with E-state index in [0.29, 0.717) is 17.7 Å². The topological polar surface area (TPSA) is 70.0 Å². The molecule has 4 nitrogen and oxygen atoms in total. The van der Waals surface area contributed by atoms with Crippen molar-refractivity contribution in [2.24, 2.45) is 0 Å². The van der Waals surface area contributed by atoms with Crippen LogP contribution in [-0.2, 0) is 9.92 Å². The van der Waals surface area contributed by atoms with Crippen LogP contribution < -0.4 is 4.72 Å². The van der Waals surface area contributed by atoms with Crippen molar-refractivity contribution in [1.29, 1.82) is 4.78 Å². The highest BCUT2D eigenvalue weighted by molar-refractivity contribution is 7.93. The van der Waals surface area contributed by atoms with Gasteiger partial charge in [-0.1, -0.05) is 13.0 Å². The molecule has 0 fully saturated rings. The number of hydrogen-bond donors (Lipinski definition) is 2. The third kappa shape index (κ3) is 3.83. The first kappa shape index (κ1) is 13.0. The van der Waals surface area contributed by atoms with Gasteiger partial charge in [0.25, 0.3) is 5.24 Å². The van der Waals surface area contributed by atoms with E-state index >= 15 is 0 Å². The molecule has 1 unspecified atom stereocenters. The molecule has 0 aliphatic rings. The highest BCUT2D eigenvalue weighted by atomic mass is 35.5. The number of nitrogens with one attached hydrogen (secondary N) is 2. The summed E-state index contributed by atoms with van der Waals surface area (Å²) in [5.74, 6) is 0.270. The first-order valence-corrected chi connectivity index (χ1v) is 6.89. The summed E-state index contributed by atoms with van der Waals surface area (Å²) in [5.41, 5.74) is 0.790. The lowest BCUT2D eigenvalue weighted by atomic mass is 10.2. The number of hydrogen-bond acceptors (Lipinski definition) is 3. The van der Waals surface area contributed by atoms with Gasteiger partial charge >= 0.3 is 0 Å². The second-order valence-corrected chi connectivity index (χ2v) is 5.64. The van der Waals surface area contributed by atoms with Crippen LogP contribution in [0.3, 0.4) is 0 Å². The predicted molar refractivity (Wildman–Crippen MR) is 66.3 cm³/mol. The van der Waals surface area contributed by atoms with E-state index in [1.165, 1.54) is 6.07 Å². The molecular formula is C10H13ClN2O2S. The Labute approximate surface area is 100 Å². The van der Waals surface area contributed by atoms with Gasteiger partial charge in [0.05, 0.1) is 0 Å². The molecule has 16 heavy (non-hydrogen) atoms. The average molecular weight is 261 g/mol. The van der Waals surface area contributed by atoms with Crippen molar-refractivity contribution < 1.29 is 9.00 Å². The van der Waals surface area contributed by atoms with Crippen molar-refractivity contribution in [2.45, 2.75) is 13.3 Å². The Morgan fingerprint density at radius 3 is 2.81 bits per heavy atom. The maximum Gasteiger partial charge on any atom is 0.252 e. The van der Waals surface area contributed by atoms with Crippen LogP contribution in [0.25, 0.3) is 0 Å². The third-order valence-corrected chi connectivity index (χ3v) is 3.63. The van der Waals surface area contributed by atoms with Gasteiger partial charge in [0.2, 0.25) is 0 Å². The minimum absolute atomic E-state index is 0.270. The molecule has 0 radical (unpaired) electrons. The summed E-state index contributed by atoms with van der Waals surface area (Å²) in [6.45, 7) is 1.86. The minimum Gasteiger partial charge on any atom is -0.299 e. The summed E-state index contributed by atoms with van der Waals surface area (Å²) in [4.78, 5) is 10.9. The maximum absolute atomic E-state index is 11.7. The number of halogens is 1. The van der Waals surface area contributed by atoms with Gasteiger partial charge in [0.1, 0.15) is 9.92 Å². The molecule has 0 spiro atoms. The van der Waals surface area contributed by atoms with Crippen molar-refractivity contribution in [2.75, 3.05) is 10.5 Å². The fourth-order valence-corrected chi connectivity index (χ4v) is 2.54. The van der Waals surface area contributed by atoms with Crippen molar-refractivity contribution in [3.63, 3.8) is 0 Å². The second-order valence-electron chi connectivity index (χ2n) is 3.34. The maximum atomic E-state index is 11.7. The number of carbonyl (C=O) groups excluding carboxylic acids is 1. The molecule has 1 aromatic carbocycles. The summed E-state index contributed by atoms with van der Waals surface area (Å²) in [7, 11) is -2.83. The SMILES string of the molecule is CCCS(=N)(=O)Nc1cccc(C(=O)Cl)c1. The van der Waals surface area contributed by atoms with E-state index in [4.69, 9.17) is 16.4 Å². The number of rotatable bonds is 5. The van der Waals surface area contributed by atoms with Gasteiger partial charge in [0, 0.05) is 17.0 Å². The van der Waals surface area contributed by atoms with Crippen LogP contribution in [-0.4, -0.2) is 15.2 Å². The van der Waals surface area contributed by atoms with Crippen LogP contribution in [0.4, 0.5) is 5.69 Å².